The number of aliphatic hydroxyl groups is 1. The molecule has 1 fully saturated rings. The number of nitrogens with zero attached hydrogens (tertiary/aromatic N) is 3. The van der Waals surface area contributed by atoms with Crippen LogP contribution in [0, 0.1) is 0 Å². The molecule has 0 radical (unpaired) electrons. The van der Waals surface area contributed by atoms with Gasteiger partial charge in [0.2, 0.25) is 0 Å². The van der Waals surface area contributed by atoms with Crippen LogP contribution in [0.15, 0.2) is 59.3 Å². The fourth-order valence-corrected chi connectivity index (χ4v) is 3.70. The average molecular weight is 365 g/mol. The third kappa shape index (κ3) is 3.80. The summed E-state index contributed by atoms with van der Waals surface area (Å²) in [6.45, 7) is 1.91. The molecule has 1 atom stereocenters. The number of aromatic nitrogens is 2. The van der Waals surface area contributed by atoms with Crippen LogP contribution in [0.4, 0.5) is 0 Å². The monoisotopic (exact) mass is 365 g/mol. The van der Waals surface area contributed by atoms with Crippen LogP contribution >= 0.6 is 0 Å². The summed E-state index contributed by atoms with van der Waals surface area (Å²) in [5.41, 5.74) is 1.23. The van der Waals surface area contributed by atoms with Gasteiger partial charge in [0.15, 0.2) is 5.76 Å². The second kappa shape index (κ2) is 7.80. The van der Waals surface area contributed by atoms with Crippen molar-refractivity contribution in [3.05, 3.63) is 77.8 Å². The summed E-state index contributed by atoms with van der Waals surface area (Å²) >= 11 is 0. The first-order valence-electron chi connectivity index (χ1n) is 9.28. The molecule has 0 spiro atoms. The highest BCUT2D eigenvalue weighted by Crippen LogP contribution is 2.27. The number of likely N-dealkylation sites (tertiary alicyclic amines) is 1. The molecule has 3 aromatic rings. The van der Waals surface area contributed by atoms with Crippen molar-refractivity contribution in [1.82, 2.24) is 14.5 Å². The lowest BCUT2D eigenvalue weighted by Crippen LogP contribution is -2.39. The van der Waals surface area contributed by atoms with Crippen molar-refractivity contribution in [3.8, 4) is 0 Å². The molecule has 6 nitrogen and oxygen atoms in total. The Morgan fingerprint density at radius 1 is 1.22 bits per heavy atom. The maximum absolute atomic E-state index is 12.7. The summed E-state index contributed by atoms with van der Waals surface area (Å²) in [4.78, 5) is 19.2. The topological polar surface area (TPSA) is 71.5 Å². The summed E-state index contributed by atoms with van der Waals surface area (Å²) < 4.78 is 7.59. The van der Waals surface area contributed by atoms with Crippen molar-refractivity contribution in [3.63, 3.8) is 0 Å². The Morgan fingerprint density at radius 2 is 2.07 bits per heavy atom. The van der Waals surface area contributed by atoms with Gasteiger partial charge in [0.05, 0.1) is 0 Å². The second-order valence-corrected chi connectivity index (χ2v) is 6.91. The zero-order chi connectivity index (χ0) is 18.6. The Kier molecular flexibility index (Phi) is 5.07. The van der Waals surface area contributed by atoms with Crippen molar-refractivity contribution in [2.75, 3.05) is 13.1 Å². The third-order valence-corrected chi connectivity index (χ3v) is 5.05. The number of hydrogen-bond donors (Lipinski definition) is 1. The molecule has 1 aromatic carbocycles. The number of aliphatic hydroxyl groups excluding tert-OH is 1. The molecular formula is C21H23N3O3. The summed E-state index contributed by atoms with van der Waals surface area (Å²) in [6.07, 6.45) is 5.78. The van der Waals surface area contributed by atoms with E-state index in [-0.39, 0.29) is 24.2 Å². The predicted octanol–water partition coefficient (Wildman–Crippen LogP) is 3.04. The van der Waals surface area contributed by atoms with E-state index in [0.29, 0.717) is 18.8 Å². The van der Waals surface area contributed by atoms with Crippen LogP contribution in [-0.4, -0.2) is 38.6 Å². The summed E-state index contributed by atoms with van der Waals surface area (Å²) in [5, 5.41) is 9.13. The number of piperidine rings is 1. The number of rotatable bonds is 5. The number of benzene rings is 1. The van der Waals surface area contributed by atoms with Gasteiger partial charge in [0, 0.05) is 37.9 Å². The van der Waals surface area contributed by atoms with Crippen molar-refractivity contribution in [1.29, 1.82) is 0 Å². The van der Waals surface area contributed by atoms with Gasteiger partial charge < -0.3 is 19.0 Å². The minimum absolute atomic E-state index is 0.124. The number of amides is 1. The van der Waals surface area contributed by atoms with E-state index in [9.17, 15) is 4.79 Å². The highest BCUT2D eigenvalue weighted by atomic mass is 16.4. The highest BCUT2D eigenvalue weighted by molar-refractivity contribution is 5.91. The van der Waals surface area contributed by atoms with Crippen LogP contribution in [-0.2, 0) is 13.2 Å². The zero-order valence-electron chi connectivity index (χ0n) is 15.1. The lowest BCUT2D eigenvalue weighted by molar-refractivity contribution is 0.0666. The molecule has 0 bridgehead atoms. The molecule has 27 heavy (non-hydrogen) atoms. The first kappa shape index (κ1) is 17.5. The largest absolute Gasteiger partial charge is 0.453 e. The summed E-state index contributed by atoms with van der Waals surface area (Å²) in [7, 11) is 0. The van der Waals surface area contributed by atoms with E-state index in [1.807, 2.05) is 35.5 Å². The molecule has 4 rings (SSSR count). The van der Waals surface area contributed by atoms with Crippen molar-refractivity contribution in [2.24, 2.45) is 0 Å². The van der Waals surface area contributed by atoms with Gasteiger partial charge in [-0.15, -0.1) is 0 Å². The van der Waals surface area contributed by atoms with Gasteiger partial charge in [-0.2, -0.15) is 0 Å². The van der Waals surface area contributed by atoms with Gasteiger partial charge >= 0.3 is 0 Å². The van der Waals surface area contributed by atoms with Crippen LogP contribution in [0.5, 0.6) is 0 Å². The lowest BCUT2D eigenvalue weighted by atomic mass is 9.96. The normalized spacial score (nSPS) is 17.2. The minimum Gasteiger partial charge on any atom is -0.453 e. The Balaban J connectivity index is 1.49. The predicted molar refractivity (Wildman–Crippen MR) is 100 cm³/mol. The maximum Gasteiger partial charge on any atom is 0.289 e. The molecule has 1 aliphatic heterocycles. The molecule has 140 valence electrons. The SMILES string of the molecule is O=C(c1ccc(CO)o1)N1CCCC(c2nccn2Cc2ccccc2)C1. The van der Waals surface area contributed by atoms with E-state index in [0.717, 1.165) is 25.2 Å². The van der Waals surface area contributed by atoms with Gasteiger partial charge in [-0.1, -0.05) is 30.3 Å². The molecular weight excluding hydrogens is 342 g/mol. The second-order valence-electron chi connectivity index (χ2n) is 6.91. The van der Waals surface area contributed by atoms with E-state index in [1.165, 1.54) is 5.56 Å². The molecule has 3 heterocycles. The Bertz CT molecular complexity index is 900. The van der Waals surface area contributed by atoms with Gasteiger partial charge in [0.1, 0.15) is 18.2 Å². The van der Waals surface area contributed by atoms with Crippen LogP contribution in [0.1, 0.15) is 46.5 Å². The Labute approximate surface area is 158 Å². The number of furan rings is 1. The number of carbonyl (C=O) groups excluding carboxylic acids is 1. The number of carbonyl (C=O) groups is 1. The number of hydrogen-bond acceptors (Lipinski definition) is 4. The van der Waals surface area contributed by atoms with Crippen LogP contribution < -0.4 is 0 Å². The van der Waals surface area contributed by atoms with Crippen molar-refractivity contribution >= 4 is 5.91 Å². The average Bonchev–Trinajstić information content (AvgIpc) is 3.38. The van der Waals surface area contributed by atoms with Crippen LogP contribution in [0.2, 0.25) is 0 Å². The quantitative estimate of drug-likeness (QED) is 0.754. The summed E-state index contributed by atoms with van der Waals surface area (Å²) in [5.74, 6) is 1.79. The van der Waals surface area contributed by atoms with Crippen LogP contribution in [0.3, 0.4) is 0 Å². The van der Waals surface area contributed by atoms with Gasteiger partial charge in [-0.25, -0.2) is 4.98 Å². The molecule has 1 N–H and O–H groups in total. The van der Waals surface area contributed by atoms with E-state index >= 15 is 0 Å². The summed E-state index contributed by atoms with van der Waals surface area (Å²) in [6, 6.07) is 13.6. The van der Waals surface area contributed by atoms with Gasteiger partial charge in [-0.05, 0) is 30.5 Å². The highest BCUT2D eigenvalue weighted by Gasteiger charge is 2.29. The fraction of sp³-hybridized carbons (Fsp3) is 0.333. The van der Waals surface area contributed by atoms with Gasteiger partial charge in [-0.3, -0.25) is 4.79 Å². The van der Waals surface area contributed by atoms with E-state index in [2.05, 4.69) is 21.7 Å². The van der Waals surface area contributed by atoms with E-state index in [1.54, 1.807) is 12.1 Å². The van der Waals surface area contributed by atoms with Gasteiger partial charge in [0.25, 0.3) is 5.91 Å². The molecule has 0 aliphatic carbocycles. The first-order chi connectivity index (χ1) is 13.2. The smallest absolute Gasteiger partial charge is 0.289 e. The minimum atomic E-state index is -0.202. The molecule has 1 saturated heterocycles. The van der Waals surface area contributed by atoms with E-state index < -0.39 is 0 Å². The molecule has 1 unspecified atom stereocenters. The van der Waals surface area contributed by atoms with E-state index in [4.69, 9.17) is 9.52 Å². The maximum atomic E-state index is 12.7. The third-order valence-electron chi connectivity index (χ3n) is 5.05. The standard InChI is InChI=1S/C21H23N3O3/c25-15-18-8-9-19(27-18)21(26)24-11-4-7-17(14-24)20-22-10-12-23(20)13-16-5-2-1-3-6-16/h1-3,5-6,8-10,12,17,25H,4,7,11,13-15H2. The molecule has 6 heteroatoms. The fourth-order valence-electron chi connectivity index (χ4n) is 3.70. The zero-order valence-corrected chi connectivity index (χ0v) is 15.1. The van der Waals surface area contributed by atoms with Crippen LogP contribution in [0.25, 0.3) is 0 Å². The Hall–Kier alpha value is -2.86. The molecule has 1 aliphatic rings. The van der Waals surface area contributed by atoms with Crippen molar-refractivity contribution < 1.29 is 14.3 Å². The van der Waals surface area contributed by atoms with Crippen molar-refractivity contribution in [2.45, 2.75) is 31.9 Å². The molecule has 0 saturated carbocycles. The molecule has 1 amide bonds. The molecule has 2 aromatic heterocycles. The number of imidazole rings is 1. The first-order valence-corrected chi connectivity index (χ1v) is 9.28. The lowest BCUT2D eigenvalue weighted by Gasteiger charge is -2.32. The Morgan fingerprint density at radius 3 is 2.85 bits per heavy atom.